The van der Waals surface area contributed by atoms with E-state index >= 15 is 0 Å². The van der Waals surface area contributed by atoms with E-state index in [0.717, 1.165) is 48.5 Å². The van der Waals surface area contributed by atoms with Gasteiger partial charge in [-0.1, -0.05) is 47.7 Å². The number of benzene rings is 2. The fraction of sp³-hybridized carbons (Fsp3) is 0.375. The second-order valence-electron chi connectivity index (χ2n) is 8.18. The molecular weight excluding hydrogens is 422 g/mol. The summed E-state index contributed by atoms with van der Waals surface area (Å²) in [6.07, 6.45) is 0.903. The van der Waals surface area contributed by atoms with Gasteiger partial charge in [0.25, 0.3) is 0 Å². The smallest absolute Gasteiger partial charge is 0.240 e. The number of aromatic nitrogens is 3. The minimum atomic E-state index is -0.285. The van der Waals surface area contributed by atoms with Crippen molar-refractivity contribution < 1.29 is 9.53 Å². The van der Waals surface area contributed by atoms with Crippen molar-refractivity contribution in [1.29, 1.82) is 0 Å². The molecular formula is C24H27N5O2S. The Kier molecular flexibility index (Phi) is 5.89. The fourth-order valence-corrected chi connectivity index (χ4v) is 5.15. The lowest BCUT2D eigenvalue weighted by Gasteiger charge is -2.28. The van der Waals surface area contributed by atoms with E-state index in [2.05, 4.69) is 56.9 Å². The van der Waals surface area contributed by atoms with Gasteiger partial charge in [-0.25, -0.2) is 0 Å². The van der Waals surface area contributed by atoms with Crippen molar-refractivity contribution in [2.24, 2.45) is 0 Å². The summed E-state index contributed by atoms with van der Waals surface area (Å²) in [5, 5.41) is 9.47. The average Bonchev–Trinajstić information content (AvgIpc) is 3.44. The van der Waals surface area contributed by atoms with Crippen LogP contribution in [0.2, 0.25) is 0 Å². The van der Waals surface area contributed by atoms with E-state index in [1.807, 2.05) is 30.0 Å². The van der Waals surface area contributed by atoms with Gasteiger partial charge in [-0.3, -0.25) is 9.36 Å². The fourth-order valence-electron chi connectivity index (χ4n) is 4.22. The van der Waals surface area contributed by atoms with Crippen molar-refractivity contribution in [2.45, 2.75) is 30.7 Å². The molecule has 3 heterocycles. The van der Waals surface area contributed by atoms with Crippen molar-refractivity contribution >= 4 is 29.3 Å². The molecule has 0 radical (unpaired) electrons. The van der Waals surface area contributed by atoms with Crippen LogP contribution in [0.15, 0.2) is 53.7 Å². The third kappa shape index (κ3) is 4.00. The summed E-state index contributed by atoms with van der Waals surface area (Å²) in [5.74, 6) is 0.900. The van der Waals surface area contributed by atoms with E-state index in [0.29, 0.717) is 13.2 Å². The molecule has 32 heavy (non-hydrogen) atoms. The largest absolute Gasteiger partial charge is 0.378 e. The standard InChI is InChI=1S/C24H27N5O2S/c1-17-7-9-20(10-8-17)29-23(27-13-15-31-16-14-27)25-26-24(29)32-18(2)22(30)28-12-11-19-5-3-4-6-21(19)28/h3-10,18H,11-16H2,1-2H3. The van der Waals surface area contributed by atoms with E-state index in [1.165, 1.54) is 22.9 Å². The maximum absolute atomic E-state index is 13.3. The van der Waals surface area contributed by atoms with Crippen LogP contribution in [-0.4, -0.2) is 58.8 Å². The minimum Gasteiger partial charge on any atom is -0.378 e. The molecule has 1 aromatic heterocycles. The first kappa shape index (κ1) is 21.0. The lowest BCUT2D eigenvalue weighted by atomic mass is 10.2. The summed E-state index contributed by atoms with van der Waals surface area (Å²) in [4.78, 5) is 17.4. The minimum absolute atomic E-state index is 0.103. The predicted molar refractivity (Wildman–Crippen MR) is 127 cm³/mol. The highest BCUT2D eigenvalue weighted by atomic mass is 32.2. The lowest BCUT2D eigenvalue weighted by molar-refractivity contribution is -0.117. The van der Waals surface area contributed by atoms with E-state index < -0.39 is 0 Å². The van der Waals surface area contributed by atoms with Gasteiger partial charge in [-0.05, 0) is 44.0 Å². The Balaban J connectivity index is 1.43. The molecule has 0 N–H and O–H groups in total. The zero-order chi connectivity index (χ0) is 22.1. The van der Waals surface area contributed by atoms with Crippen LogP contribution < -0.4 is 9.80 Å². The average molecular weight is 450 g/mol. The molecule has 7 nitrogen and oxygen atoms in total. The van der Waals surface area contributed by atoms with E-state index in [-0.39, 0.29) is 11.2 Å². The molecule has 8 heteroatoms. The molecule has 166 valence electrons. The summed E-state index contributed by atoms with van der Waals surface area (Å²) in [6, 6.07) is 16.5. The van der Waals surface area contributed by atoms with Crippen LogP contribution in [0.4, 0.5) is 11.6 Å². The van der Waals surface area contributed by atoms with E-state index in [1.54, 1.807) is 0 Å². The van der Waals surface area contributed by atoms with E-state index in [4.69, 9.17) is 4.74 Å². The van der Waals surface area contributed by atoms with Gasteiger partial charge >= 0.3 is 0 Å². The molecule has 0 saturated carbocycles. The molecule has 0 spiro atoms. The molecule has 2 aliphatic rings. The number of carbonyl (C=O) groups excluding carboxylic acids is 1. The molecule has 1 saturated heterocycles. The van der Waals surface area contributed by atoms with Gasteiger partial charge in [0.2, 0.25) is 11.9 Å². The van der Waals surface area contributed by atoms with Gasteiger partial charge in [0, 0.05) is 25.3 Å². The van der Waals surface area contributed by atoms with Crippen LogP contribution in [0.1, 0.15) is 18.1 Å². The van der Waals surface area contributed by atoms with Gasteiger partial charge < -0.3 is 14.5 Å². The Morgan fingerprint density at radius 1 is 1.03 bits per heavy atom. The third-order valence-electron chi connectivity index (χ3n) is 5.99. The maximum atomic E-state index is 13.3. The number of para-hydroxylation sites is 1. The van der Waals surface area contributed by atoms with Crippen LogP contribution in [0, 0.1) is 6.92 Å². The van der Waals surface area contributed by atoms with Crippen LogP contribution >= 0.6 is 11.8 Å². The van der Waals surface area contributed by atoms with Crippen molar-refractivity contribution in [1.82, 2.24) is 14.8 Å². The second-order valence-corrected chi connectivity index (χ2v) is 9.49. The zero-order valence-corrected chi connectivity index (χ0v) is 19.2. The first-order valence-corrected chi connectivity index (χ1v) is 11.9. The molecule has 1 unspecified atom stereocenters. The number of hydrogen-bond donors (Lipinski definition) is 0. The first-order chi connectivity index (χ1) is 15.6. The van der Waals surface area contributed by atoms with Crippen molar-refractivity contribution in [3.05, 3.63) is 59.7 Å². The molecule has 5 rings (SSSR count). The Bertz CT molecular complexity index is 1110. The van der Waals surface area contributed by atoms with Crippen molar-refractivity contribution in [3.8, 4) is 5.69 Å². The molecule has 2 aromatic carbocycles. The Labute approximate surface area is 192 Å². The molecule has 0 aliphatic carbocycles. The number of thioether (sulfide) groups is 1. The number of rotatable bonds is 5. The second kappa shape index (κ2) is 8.96. The molecule has 3 aromatic rings. The van der Waals surface area contributed by atoms with Crippen LogP contribution in [-0.2, 0) is 16.0 Å². The number of amides is 1. The van der Waals surface area contributed by atoms with Crippen LogP contribution in [0.25, 0.3) is 5.69 Å². The predicted octanol–water partition coefficient (Wildman–Crippen LogP) is 3.48. The highest BCUT2D eigenvalue weighted by Gasteiger charge is 2.30. The van der Waals surface area contributed by atoms with Gasteiger partial charge in [0.1, 0.15) is 0 Å². The van der Waals surface area contributed by atoms with Gasteiger partial charge in [-0.2, -0.15) is 0 Å². The van der Waals surface area contributed by atoms with Gasteiger partial charge in [0.05, 0.1) is 24.2 Å². The highest BCUT2D eigenvalue weighted by molar-refractivity contribution is 8.00. The zero-order valence-electron chi connectivity index (χ0n) is 18.4. The number of aryl methyl sites for hydroxylation is 1. The number of carbonyl (C=O) groups is 1. The SMILES string of the molecule is Cc1ccc(-n2c(SC(C)C(=O)N3CCc4ccccc43)nnc2N2CCOCC2)cc1. The molecule has 1 amide bonds. The summed E-state index contributed by atoms with van der Waals surface area (Å²) in [5.41, 5.74) is 4.45. The number of ether oxygens (including phenoxy) is 1. The normalized spacial score (nSPS) is 16.8. The summed E-state index contributed by atoms with van der Waals surface area (Å²) >= 11 is 1.46. The summed E-state index contributed by atoms with van der Waals surface area (Å²) in [7, 11) is 0. The maximum Gasteiger partial charge on any atom is 0.240 e. The number of hydrogen-bond acceptors (Lipinski definition) is 6. The number of nitrogens with zero attached hydrogens (tertiary/aromatic N) is 5. The molecule has 1 fully saturated rings. The van der Waals surface area contributed by atoms with Crippen molar-refractivity contribution in [2.75, 3.05) is 42.6 Å². The van der Waals surface area contributed by atoms with E-state index in [9.17, 15) is 4.79 Å². The van der Waals surface area contributed by atoms with Gasteiger partial charge in [0.15, 0.2) is 5.16 Å². The molecule has 1 atom stereocenters. The number of anilines is 2. The van der Waals surface area contributed by atoms with Gasteiger partial charge in [-0.15, -0.1) is 10.2 Å². The molecule has 2 aliphatic heterocycles. The summed E-state index contributed by atoms with van der Waals surface area (Å²) in [6.45, 7) is 7.65. The van der Waals surface area contributed by atoms with Crippen LogP contribution in [0.3, 0.4) is 0 Å². The summed E-state index contributed by atoms with van der Waals surface area (Å²) < 4.78 is 7.58. The quantitative estimate of drug-likeness (QED) is 0.556. The lowest BCUT2D eigenvalue weighted by Crippen LogP contribution is -2.38. The highest BCUT2D eigenvalue weighted by Crippen LogP contribution is 2.33. The third-order valence-corrected chi connectivity index (χ3v) is 7.02. The number of fused-ring (bicyclic) bond motifs is 1. The monoisotopic (exact) mass is 449 g/mol. The Hall–Kier alpha value is -2.84. The first-order valence-electron chi connectivity index (χ1n) is 11.0. The molecule has 0 bridgehead atoms. The Morgan fingerprint density at radius 2 is 1.78 bits per heavy atom. The topological polar surface area (TPSA) is 63.5 Å². The van der Waals surface area contributed by atoms with Crippen molar-refractivity contribution in [3.63, 3.8) is 0 Å². The number of morpholine rings is 1. The van der Waals surface area contributed by atoms with Crippen LogP contribution in [0.5, 0.6) is 0 Å². The Morgan fingerprint density at radius 3 is 2.56 bits per heavy atom.